The Hall–Kier alpha value is -1.36. The highest BCUT2D eigenvalue weighted by Crippen LogP contribution is 2.27. The molecule has 0 aliphatic carbocycles. The zero-order valence-electron chi connectivity index (χ0n) is 14.0. The fraction of sp³-hybridized carbons (Fsp3) is 0.474. The highest BCUT2D eigenvalue weighted by atomic mass is 32.1. The van der Waals surface area contributed by atoms with Crippen molar-refractivity contribution in [3.05, 3.63) is 51.7 Å². The molecule has 23 heavy (non-hydrogen) atoms. The summed E-state index contributed by atoms with van der Waals surface area (Å²) >= 11 is 1.84. The monoisotopic (exact) mass is 330 g/mol. The minimum absolute atomic E-state index is 0.424. The van der Waals surface area contributed by atoms with Gasteiger partial charge in [0, 0.05) is 24.0 Å². The number of rotatable bonds is 7. The van der Waals surface area contributed by atoms with Crippen LogP contribution in [0.4, 0.5) is 0 Å². The van der Waals surface area contributed by atoms with Crippen molar-refractivity contribution in [2.24, 2.45) is 0 Å². The summed E-state index contributed by atoms with van der Waals surface area (Å²) in [6.45, 7) is 6.51. The summed E-state index contributed by atoms with van der Waals surface area (Å²) in [4.78, 5) is 4.04. The third-order valence-electron chi connectivity index (χ3n) is 4.65. The van der Waals surface area contributed by atoms with E-state index in [1.54, 1.807) is 7.11 Å². The van der Waals surface area contributed by atoms with Crippen LogP contribution in [0.25, 0.3) is 0 Å². The Morgan fingerprint density at radius 2 is 2.09 bits per heavy atom. The van der Waals surface area contributed by atoms with Gasteiger partial charge in [-0.05, 0) is 67.6 Å². The lowest BCUT2D eigenvalue weighted by atomic mass is 10.0. The van der Waals surface area contributed by atoms with Gasteiger partial charge in [0.25, 0.3) is 0 Å². The van der Waals surface area contributed by atoms with E-state index in [1.807, 2.05) is 17.4 Å². The summed E-state index contributed by atoms with van der Waals surface area (Å²) in [7, 11) is 1.74. The zero-order valence-corrected chi connectivity index (χ0v) is 14.9. The SMILES string of the molecule is COc1cccc(C(CNCc2sccc2C)N2CCCC2)c1. The molecule has 0 amide bonds. The topological polar surface area (TPSA) is 24.5 Å². The number of hydrogen-bond donors (Lipinski definition) is 1. The van der Waals surface area contributed by atoms with Crippen molar-refractivity contribution in [2.45, 2.75) is 32.4 Å². The Bertz CT molecular complexity index is 619. The van der Waals surface area contributed by atoms with Crippen LogP contribution in [0.15, 0.2) is 35.7 Å². The smallest absolute Gasteiger partial charge is 0.119 e. The highest BCUT2D eigenvalue weighted by molar-refractivity contribution is 7.10. The molecule has 1 N–H and O–H groups in total. The van der Waals surface area contributed by atoms with Crippen LogP contribution in [0.5, 0.6) is 5.75 Å². The average molecular weight is 330 g/mol. The van der Waals surface area contributed by atoms with Crippen molar-refractivity contribution in [3.8, 4) is 5.75 Å². The molecule has 3 rings (SSSR count). The van der Waals surface area contributed by atoms with Gasteiger partial charge >= 0.3 is 0 Å². The predicted molar refractivity (Wildman–Crippen MR) is 97.3 cm³/mol. The summed E-state index contributed by atoms with van der Waals surface area (Å²) in [5.74, 6) is 0.945. The van der Waals surface area contributed by atoms with E-state index in [1.165, 1.54) is 41.9 Å². The highest BCUT2D eigenvalue weighted by Gasteiger charge is 2.23. The van der Waals surface area contributed by atoms with Crippen LogP contribution in [0.1, 0.15) is 34.9 Å². The Balaban J connectivity index is 1.69. The van der Waals surface area contributed by atoms with Crippen molar-refractivity contribution < 1.29 is 4.74 Å². The third-order valence-corrected chi connectivity index (χ3v) is 5.67. The molecule has 1 aromatic heterocycles. The molecule has 2 heterocycles. The second-order valence-corrected chi connectivity index (χ2v) is 7.19. The maximum absolute atomic E-state index is 5.41. The van der Waals surface area contributed by atoms with Gasteiger partial charge in [0.1, 0.15) is 5.75 Å². The second kappa shape index (κ2) is 7.95. The fourth-order valence-electron chi connectivity index (χ4n) is 3.27. The van der Waals surface area contributed by atoms with E-state index in [-0.39, 0.29) is 0 Å². The van der Waals surface area contributed by atoms with Crippen molar-refractivity contribution in [2.75, 3.05) is 26.7 Å². The Labute approximate surface area is 143 Å². The Morgan fingerprint density at radius 3 is 2.78 bits per heavy atom. The maximum Gasteiger partial charge on any atom is 0.119 e. The maximum atomic E-state index is 5.41. The van der Waals surface area contributed by atoms with E-state index >= 15 is 0 Å². The minimum Gasteiger partial charge on any atom is -0.497 e. The summed E-state index contributed by atoms with van der Waals surface area (Å²) in [6, 6.07) is 11.1. The number of nitrogens with zero attached hydrogens (tertiary/aromatic N) is 1. The molecule has 1 aliphatic rings. The van der Waals surface area contributed by atoms with Crippen molar-refractivity contribution >= 4 is 11.3 Å². The molecule has 1 unspecified atom stereocenters. The van der Waals surface area contributed by atoms with Crippen molar-refractivity contribution in [1.82, 2.24) is 10.2 Å². The van der Waals surface area contributed by atoms with E-state index in [0.29, 0.717) is 6.04 Å². The van der Waals surface area contributed by atoms with Crippen molar-refractivity contribution in [1.29, 1.82) is 0 Å². The third kappa shape index (κ3) is 4.14. The molecule has 0 spiro atoms. The van der Waals surface area contributed by atoms with E-state index in [9.17, 15) is 0 Å². The summed E-state index contributed by atoms with van der Waals surface area (Å²) in [5.41, 5.74) is 2.74. The van der Waals surface area contributed by atoms with Crippen LogP contribution < -0.4 is 10.1 Å². The van der Waals surface area contributed by atoms with Crippen LogP contribution in [0.3, 0.4) is 0 Å². The lowest BCUT2D eigenvalue weighted by Crippen LogP contribution is -2.34. The van der Waals surface area contributed by atoms with Gasteiger partial charge in [-0.1, -0.05) is 12.1 Å². The number of benzene rings is 1. The molecule has 1 atom stereocenters. The normalized spacial score (nSPS) is 16.6. The summed E-state index contributed by atoms with van der Waals surface area (Å²) in [6.07, 6.45) is 2.62. The molecule has 0 bridgehead atoms. The first-order chi connectivity index (χ1) is 11.3. The van der Waals surface area contributed by atoms with Crippen LogP contribution in [0.2, 0.25) is 0 Å². The average Bonchev–Trinajstić information content (AvgIpc) is 3.24. The predicted octanol–water partition coefficient (Wildman–Crippen LogP) is 3.99. The zero-order chi connectivity index (χ0) is 16.1. The largest absolute Gasteiger partial charge is 0.497 e. The van der Waals surface area contributed by atoms with Crippen LogP contribution in [0, 0.1) is 6.92 Å². The van der Waals surface area contributed by atoms with E-state index in [4.69, 9.17) is 4.74 Å². The lowest BCUT2D eigenvalue weighted by Gasteiger charge is -2.28. The van der Waals surface area contributed by atoms with Crippen LogP contribution in [-0.2, 0) is 6.54 Å². The van der Waals surface area contributed by atoms with Gasteiger partial charge in [-0.25, -0.2) is 0 Å². The molecule has 1 fully saturated rings. The molecule has 1 saturated heterocycles. The summed E-state index contributed by atoms with van der Waals surface area (Å²) in [5, 5.41) is 5.84. The number of hydrogen-bond acceptors (Lipinski definition) is 4. The summed E-state index contributed by atoms with van der Waals surface area (Å²) < 4.78 is 5.41. The quantitative estimate of drug-likeness (QED) is 0.831. The molecule has 124 valence electrons. The molecule has 0 saturated carbocycles. The molecule has 2 aromatic rings. The first-order valence-electron chi connectivity index (χ1n) is 8.39. The lowest BCUT2D eigenvalue weighted by molar-refractivity contribution is 0.238. The standard InChI is InChI=1S/C19H26N2OS/c1-15-8-11-23-19(15)14-20-13-18(21-9-3-4-10-21)16-6-5-7-17(12-16)22-2/h5-8,11-12,18,20H,3-4,9-10,13-14H2,1-2H3. The van der Waals surface area contributed by atoms with E-state index in [2.05, 4.69) is 46.8 Å². The van der Waals surface area contributed by atoms with Gasteiger partial charge in [0.15, 0.2) is 0 Å². The molecule has 4 heteroatoms. The molecule has 3 nitrogen and oxygen atoms in total. The molecule has 1 aliphatic heterocycles. The number of nitrogens with one attached hydrogen (secondary N) is 1. The van der Waals surface area contributed by atoms with Gasteiger partial charge in [0.05, 0.1) is 7.11 Å². The molecule has 1 aromatic carbocycles. The van der Waals surface area contributed by atoms with Gasteiger partial charge in [0.2, 0.25) is 0 Å². The minimum atomic E-state index is 0.424. The van der Waals surface area contributed by atoms with E-state index in [0.717, 1.165) is 18.8 Å². The van der Waals surface area contributed by atoms with Gasteiger partial charge in [-0.15, -0.1) is 11.3 Å². The van der Waals surface area contributed by atoms with Crippen LogP contribution >= 0.6 is 11.3 Å². The Kier molecular flexibility index (Phi) is 5.70. The van der Waals surface area contributed by atoms with Gasteiger partial charge in [-0.3, -0.25) is 4.90 Å². The Morgan fingerprint density at radius 1 is 1.26 bits per heavy atom. The fourth-order valence-corrected chi connectivity index (χ4v) is 4.14. The first-order valence-corrected chi connectivity index (χ1v) is 9.27. The van der Waals surface area contributed by atoms with Gasteiger partial charge < -0.3 is 10.1 Å². The second-order valence-electron chi connectivity index (χ2n) is 6.19. The van der Waals surface area contributed by atoms with Gasteiger partial charge in [-0.2, -0.15) is 0 Å². The first kappa shape index (κ1) is 16.5. The number of aryl methyl sites for hydroxylation is 1. The molecule has 0 radical (unpaired) electrons. The van der Waals surface area contributed by atoms with E-state index < -0.39 is 0 Å². The van der Waals surface area contributed by atoms with Crippen molar-refractivity contribution in [3.63, 3.8) is 0 Å². The number of methoxy groups -OCH3 is 1. The number of thiophene rings is 1. The van der Waals surface area contributed by atoms with Crippen LogP contribution in [-0.4, -0.2) is 31.6 Å². The molecular weight excluding hydrogens is 304 g/mol. The number of ether oxygens (including phenoxy) is 1. The molecular formula is C19H26N2OS. The number of likely N-dealkylation sites (tertiary alicyclic amines) is 1.